The molecule has 0 unspecified atom stereocenters. The second kappa shape index (κ2) is 9.28. The van der Waals surface area contributed by atoms with Gasteiger partial charge in [0.2, 0.25) is 15.9 Å². The monoisotopic (exact) mass is 426 g/mol. The van der Waals surface area contributed by atoms with Gasteiger partial charge in [0.1, 0.15) is 12.4 Å². The van der Waals surface area contributed by atoms with Crippen molar-refractivity contribution in [2.75, 3.05) is 20.2 Å². The van der Waals surface area contributed by atoms with Gasteiger partial charge in [0, 0.05) is 7.05 Å². The van der Waals surface area contributed by atoms with Crippen molar-refractivity contribution in [1.29, 1.82) is 0 Å². The molecule has 0 fully saturated rings. The molecule has 0 aliphatic heterocycles. The van der Waals surface area contributed by atoms with Crippen LogP contribution in [-0.4, -0.2) is 44.9 Å². The normalized spacial score (nSPS) is 12.7. The van der Waals surface area contributed by atoms with Gasteiger partial charge < -0.3 is 10.1 Å². The van der Waals surface area contributed by atoms with E-state index >= 15 is 0 Å². The number of likely N-dealkylation sites (N-methyl/N-ethyl adjacent to an activating group) is 1. The molecule has 0 saturated carbocycles. The maximum absolute atomic E-state index is 12.9. The minimum Gasteiger partial charge on any atom is -0.491 e. The summed E-state index contributed by atoms with van der Waals surface area (Å²) in [5.41, 5.74) is 1.14. The molecule has 30 heavy (non-hydrogen) atoms. The summed E-state index contributed by atoms with van der Waals surface area (Å²) in [5.74, 6) is 0.333. The summed E-state index contributed by atoms with van der Waals surface area (Å²) in [6, 6.07) is 19.8. The predicted molar refractivity (Wildman–Crippen MR) is 118 cm³/mol. The Morgan fingerprint density at radius 1 is 1.03 bits per heavy atom. The van der Waals surface area contributed by atoms with E-state index in [1.54, 1.807) is 18.2 Å². The number of aryl methyl sites for hydroxylation is 1. The first-order chi connectivity index (χ1) is 14.3. The molecule has 7 heteroatoms. The van der Waals surface area contributed by atoms with Crippen LogP contribution in [0.2, 0.25) is 0 Å². The molecule has 3 aromatic carbocycles. The number of nitrogens with zero attached hydrogens (tertiary/aromatic N) is 1. The number of amides is 1. The number of sulfonamides is 1. The Labute approximate surface area is 177 Å². The Hall–Kier alpha value is -2.90. The topological polar surface area (TPSA) is 75.7 Å². The molecule has 0 aliphatic rings. The van der Waals surface area contributed by atoms with E-state index in [-0.39, 0.29) is 30.0 Å². The number of hydrogen-bond acceptors (Lipinski definition) is 4. The van der Waals surface area contributed by atoms with Crippen LogP contribution >= 0.6 is 0 Å². The Bertz CT molecular complexity index is 1130. The molecular weight excluding hydrogens is 400 g/mol. The number of benzene rings is 3. The van der Waals surface area contributed by atoms with Crippen LogP contribution < -0.4 is 10.1 Å². The smallest absolute Gasteiger partial charge is 0.243 e. The van der Waals surface area contributed by atoms with Crippen molar-refractivity contribution in [3.8, 4) is 5.75 Å². The highest BCUT2D eigenvalue weighted by molar-refractivity contribution is 7.89. The lowest BCUT2D eigenvalue weighted by molar-refractivity contribution is -0.121. The van der Waals surface area contributed by atoms with Gasteiger partial charge in [-0.2, -0.15) is 4.31 Å². The van der Waals surface area contributed by atoms with Gasteiger partial charge in [-0.3, -0.25) is 4.79 Å². The molecule has 6 nitrogen and oxygen atoms in total. The maximum Gasteiger partial charge on any atom is 0.243 e. The quantitative estimate of drug-likeness (QED) is 0.599. The molecular formula is C23H26N2O4S. The summed E-state index contributed by atoms with van der Waals surface area (Å²) in [7, 11) is -2.38. The molecule has 0 saturated heterocycles. The van der Waals surface area contributed by atoms with Crippen molar-refractivity contribution in [1.82, 2.24) is 9.62 Å². The van der Waals surface area contributed by atoms with E-state index in [1.807, 2.05) is 62.4 Å². The molecule has 0 radical (unpaired) electrons. The number of fused-ring (bicyclic) bond motifs is 1. The summed E-state index contributed by atoms with van der Waals surface area (Å²) < 4.78 is 32.4. The largest absolute Gasteiger partial charge is 0.491 e. The van der Waals surface area contributed by atoms with E-state index in [0.717, 1.165) is 26.4 Å². The van der Waals surface area contributed by atoms with E-state index in [4.69, 9.17) is 4.74 Å². The van der Waals surface area contributed by atoms with Gasteiger partial charge in [-0.25, -0.2) is 8.42 Å². The molecule has 0 bridgehead atoms. The molecule has 158 valence electrons. The average Bonchev–Trinajstić information content (AvgIpc) is 2.72. The van der Waals surface area contributed by atoms with E-state index in [1.165, 1.54) is 7.05 Å². The van der Waals surface area contributed by atoms with Gasteiger partial charge in [0.05, 0.1) is 17.5 Å². The standard InChI is InChI=1S/C23H26N2O4S/c1-17-8-11-21(12-9-17)29-16-18(2)24-23(26)15-25(3)30(27,28)22-13-10-19-6-4-5-7-20(19)14-22/h4-14,18H,15-16H2,1-3H3,(H,24,26)/t18-/m0/s1. The highest BCUT2D eigenvalue weighted by Crippen LogP contribution is 2.21. The number of rotatable bonds is 8. The van der Waals surface area contributed by atoms with Crippen LogP contribution in [0.3, 0.4) is 0 Å². The van der Waals surface area contributed by atoms with Crippen LogP contribution in [0.1, 0.15) is 12.5 Å². The van der Waals surface area contributed by atoms with Gasteiger partial charge >= 0.3 is 0 Å². The lowest BCUT2D eigenvalue weighted by Gasteiger charge is -2.19. The molecule has 3 rings (SSSR count). The lowest BCUT2D eigenvalue weighted by atomic mass is 10.1. The molecule has 0 aliphatic carbocycles. The minimum absolute atomic E-state index is 0.159. The van der Waals surface area contributed by atoms with Gasteiger partial charge in [-0.05, 0) is 48.9 Å². The lowest BCUT2D eigenvalue weighted by Crippen LogP contribution is -2.43. The fraction of sp³-hybridized carbons (Fsp3) is 0.261. The first-order valence-electron chi connectivity index (χ1n) is 9.69. The third-order valence-electron chi connectivity index (χ3n) is 4.72. The SMILES string of the molecule is Cc1ccc(OC[C@H](C)NC(=O)CN(C)S(=O)(=O)c2ccc3ccccc3c2)cc1. The molecule has 1 amide bonds. The fourth-order valence-corrected chi connectivity index (χ4v) is 4.18. The second-order valence-electron chi connectivity index (χ2n) is 7.36. The highest BCUT2D eigenvalue weighted by atomic mass is 32.2. The molecule has 3 aromatic rings. The molecule has 0 spiro atoms. The van der Waals surface area contributed by atoms with Gasteiger partial charge in [0.15, 0.2) is 0 Å². The molecule has 1 atom stereocenters. The van der Waals surface area contributed by atoms with E-state index in [0.29, 0.717) is 0 Å². The zero-order valence-electron chi connectivity index (χ0n) is 17.3. The van der Waals surface area contributed by atoms with Gasteiger partial charge in [0.25, 0.3) is 0 Å². The Morgan fingerprint density at radius 2 is 1.70 bits per heavy atom. The van der Waals surface area contributed by atoms with Crippen molar-refractivity contribution in [3.63, 3.8) is 0 Å². The average molecular weight is 427 g/mol. The van der Waals surface area contributed by atoms with Crippen molar-refractivity contribution in [2.24, 2.45) is 0 Å². The van der Waals surface area contributed by atoms with Crippen molar-refractivity contribution < 1.29 is 17.9 Å². The number of carbonyl (C=O) groups is 1. The summed E-state index contributed by atoms with van der Waals surface area (Å²) in [5, 5.41) is 4.56. The highest BCUT2D eigenvalue weighted by Gasteiger charge is 2.23. The molecule has 0 heterocycles. The maximum atomic E-state index is 12.9. The summed E-state index contributed by atoms with van der Waals surface area (Å²) >= 11 is 0. The van der Waals surface area contributed by atoms with Crippen LogP contribution in [0.15, 0.2) is 71.6 Å². The molecule has 0 aromatic heterocycles. The van der Waals surface area contributed by atoms with E-state index in [9.17, 15) is 13.2 Å². The Kier molecular flexibility index (Phi) is 6.74. The van der Waals surface area contributed by atoms with E-state index in [2.05, 4.69) is 5.32 Å². The Balaban J connectivity index is 1.57. The fourth-order valence-electron chi connectivity index (χ4n) is 3.01. The van der Waals surface area contributed by atoms with Gasteiger partial charge in [-0.15, -0.1) is 0 Å². The van der Waals surface area contributed by atoms with Gasteiger partial charge in [-0.1, -0.05) is 48.0 Å². The number of ether oxygens (including phenoxy) is 1. The third-order valence-corrected chi connectivity index (χ3v) is 6.52. The van der Waals surface area contributed by atoms with Crippen molar-refractivity contribution in [2.45, 2.75) is 24.8 Å². The first-order valence-corrected chi connectivity index (χ1v) is 11.1. The Morgan fingerprint density at radius 3 is 2.40 bits per heavy atom. The number of nitrogens with one attached hydrogen (secondary N) is 1. The van der Waals surface area contributed by atoms with Crippen molar-refractivity contribution in [3.05, 3.63) is 72.3 Å². The van der Waals surface area contributed by atoms with Crippen LogP contribution in [0.5, 0.6) is 5.75 Å². The summed E-state index contributed by atoms with van der Waals surface area (Å²) in [4.78, 5) is 12.5. The van der Waals surface area contributed by atoms with Crippen LogP contribution in [0.25, 0.3) is 10.8 Å². The van der Waals surface area contributed by atoms with Crippen LogP contribution in [0, 0.1) is 6.92 Å². The minimum atomic E-state index is -3.78. The number of hydrogen-bond donors (Lipinski definition) is 1. The first kappa shape index (κ1) is 21.8. The van der Waals surface area contributed by atoms with Crippen molar-refractivity contribution >= 4 is 26.7 Å². The number of carbonyl (C=O) groups excluding carboxylic acids is 1. The predicted octanol–water partition coefficient (Wildman–Crippen LogP) is 3.35. The zero-order chi connectivity index (χ0) is 21.7. The summed E-state index contributed by atoms with van der Waals surface area (Å²) in [6.45, 7) is 3.82. The molecule has 1 N–H and O–H groups in total. The third kappa shape index (κ3) is 5.37. The zero-order valence-corrected chi connectivity index (χ0v) is 18.1. The second-order valence-corrected chi connectivity index (χ2v) is 9.41. The van der Waals surface area contributed by atoms with E-state index < -0.39 is 10.0 Å². The summed E-state index contributed by atoms with van der Waals surface area (Å²) in [6.07, 6.45) is 0. The van der Waals surface area contributed by atoms with Crippen LogP contribution in [-0.2, 0) is 14.8 Å². The van der Waals surface area contributed by atoms with Crippen LogP contribution in [0.4, 0.5) is 0 Å².